The lowest BCUT2D eigenvalue weighted by molar-refractivity contribution is 0.175. The van der Waals surface area contributed by atoms with Crippen LogP contribution in [0.3, 0.4) is 0 Å². The van der Waals surface area contributed by atoms with Crippen LogP contribution < -0.4 is 10.6 Å². The van der Waals surface area contributed by atoms with Crippen molar-refractivity contribution in [3.05, 3.63) is 11.9 Å². The van der Waals surface area contributed by atoms with E-state index < -0.39 is 0 Å². The number of rotatable bonds is 9. The van der Waals surface area contributed by atoms with Gasteiger partial charge in [0, 0.05) is 32.9 Å². The van der Waals surface area contributed by atoms with Crippen molar-refractivity contribution in [1.82, 2.24) is 9.97 Å². The van der Waals surface area contributed by atoms with Gasteiger partial charge in [-0.3, -0.25) is 0 Å². The van der Waals surface area contributed by atoms with Crippen molar-refractivity contribution in [2.75, 3.05) is 37.4 Å². The van der Waals surface area contributed by atoms with Gasteiger partial charge in [-0.15, -0.1) is 0 Å². The number of nitrogens with zero attached hydrogens (tertiary/aromatic N) is 2. The monoisotopic (exact) mass is 278 g/mol. The molecule has 2 rings (SSSR count). The molecule has 0 radical (unpaired) electrons. The van der Waals surface area contributed by atoms with E-state index in [1.54, 1.807) is 7.11 Å². The Morgan fingerprint density at radius 3 is 2.55 bits per heavy atom. The van der Waals surface area contributed by atoms with E-state index in [1.807, 2.05) is 13.0 Å². The second kappa shape index (κ2) is 6.88. The summed E-state index contributed by atoms with van der Waals surface area (Å²) in [5.74, 6) is 2.62. The first-order valence-electron chi connectivity index (χ1n) is 7.50. The Morgan fingerprint density at radius 1 is 1.25 bits per heavy atom. The van der Waals surface area contributed by atoms with Gasteiger partial charge in [0.15, 0.2) is 0 Å². The standard InChI is InChI=1S/C15H26N4O/c1-4-8-16-13-10-14(19-12(2)18-13)17-11-15(5-6-15)7-9-20-3/h10H,4-9,11H2,1-3H3,(H2,16,17,18,19). The minimum atomic E-state index is 0.422. The van der Waals surface area contributed by atoms with E-state index in [2.05, 4.69) is 27.5 Å². The fraction of sp³-hybridized carbons (Fsp3) is 0.733. The smallest absolute Gasteiger partial charge is 0.131 e. The molecular formula is C15H26N4O. The van der Waals surface area contributed by atoms with Crippen molar-refractivity contribution in [2.45, 2.75) is 39.5 Å². The first-order chi connectivity index (χ1) is 9.67. The van der Waals surface area contributed by atoms with E-state index in [9.17, 15) is 0 Å². The highest BCUT2D eigenvalue weighted by atomic mass is 16.5. The van der Waals surface area contributed by atoms with E-state index in [-0.39, 0.29) is 0 Å². The average molecular weight is 278 g/mol. The molecule has 2 N–H and O–H groups in total. The summed E-state index contributed by atoms with van der Waals surface area (Å²) in [5, 5.41) is 6.78. The Hall–Kier alpha value is -1.36. The Kier molecular flexibility index (Phi) is 5.17. The van der Waals surface area contributed by atoms with E-state index in [0.29, 0.717) is 5.41 Å². The highest BCUT2D eigenvalue weighted by Crippen LogP contribution is 2.48. The molecule has 0 bridgehead atoms. The summed E-state index contributed by atoms with van der Waals surface area (Å²) in [6.45, 7) is 6.83. The van der Waals surface area contributed by atoms with E-state index in [1.165, 1.54) is 12.8 Å². The van der Waals surface area contributed by atoms with Gasteiger partial charge in [-0.2, -0.15) is 0 Å². The molecule has 1 aromatic rings. The SMILES string of the molecule is CCCNc1cc(NCC2(CCOC)CC2)nc(C)n1. The molecule has 0 aliphatic heterocycles. The van der Waals surface area contributed by atoms with Crippen LogP contribution in [0.2, 0.25) is 0 Å². The van der Waals surface area contributed by atoms with Crippen LogP contribution in [-0.2, 0) is 4.74 Å². The molecule has 5 heteroatoms. The molecule has 1 aliphatic rings. The molecule has 0 aromatic carbocycles. The normalized spacial score (nSPS) is 15.9. The number of nitrogens with one attached hydrogen (secondary N) is 2. The zero-order chi connectivity index (χ0) is 14.4. The zero-order valence-electron chi connectivity index (χ0n) is 12.8. The first-order valence-corrected chi connectivity index (χ1v) is 7.50. The molecule has 0 saturated heterocycles. The number of aromatic nitrogens is 2. The van der Waals surface area contributed by atoms with E-state index in [4.69, 9.17) is 4.74 Å². The number of ether oxygens (including phenoxy) is 1. The van der Waals surface area contributed by atoms with Crippen LogP contribution in [0, 0.1) is 12.3 Å². The molecule has 1 saturated carbocycles. The highest BCUT2D eigenvalue weighted by molar-refractivity contribution is 5.47. The predicted molar refractivity (Wildman–Crippen MR) is 82.2 cm³/mol. The molecule has 112 valence electrons. The molecule has 0 atom stereocenters. The third-order valence-electron chi connectivity index (χ3n) is 3.83. The third kappa shape index (κ3) is 4.34. The fourth-order valence-corrected chi connectivity index (χ4v) is 2.29. The summed E-state index contributed by atoms with van der Waals surface area (Å²) in [6.07, 6.45) is 4.79. The molecule has 5 nitrogen and oxygen atoms in total. The zero-order valence-corrected chi connectivity index (χ0v) is 12.8. The minimum absolute atomic E-state index is 0.422. The van der Waals surface area contributed by atoms with Crippen molar-refractivity contribution < 1.29 is 4.74 Å². The quantitative estimate of drug-likeness (QED) is 0.727. The third-order valence-corrected chi connectivity index (χ3v) is 3.83. The molecule has 20 heavy (non-hydrogen) atoms. The molecular weight excluding hydrogens is 252 g/mol. The first kappa shape index (κ1) is 15.0. The molecule has 1 heterocycles. The molecule has 1 aromatic heterocycles. The van der Waals surface area contributed by atoms with Crippen LogP contribution in [0.1, 0.15) is 38.4 Å². The maximum absolute atomic E-state index is 5.19. The van der Waals surface area contributed by atoms with Crippen molar-refractivity contribution in [1.29, 1.82) is 0 Å². The second-order valence-electron chi connectivity index (χ2n) is 5.71. The van der Waals surface area contributed by atoms with Gasteiger partial charge in [0.25, 0.3) is 0 Å². The molecule has 1 fully saturated rings. The van der Waals surface area contributed by atoms with E-state index >= 15 is 0 Å². The van der Waals surface area contributed by atoms with Crippen molar-refractivity contribution >= 4 is 11.6 Å². The van der Waals surface area contributed by atoms with Gasteiger partial charge >= 0.3 is 0 Å². The van der Waals surface area contributed by atoms with Gasteiger partial charge in [-0.05, 0) is 38.0 Å². The Morgan fingerprint density at radius 2 is 1.95 bits per heavy atom. The largest absolute Gasteiger partial charge is 0.385 e. The van der Waals surface area contributed by atoms with Crippen molar-refractivity contribution in [3.63, 3.8) is 0 Å². The Labute approximate surface area is 121 Å². The summed E-state index contributed by atoms with van der Waals surface area (Å²) in [6, 6.07) is 2.00. The van der Waals surface area contributed by atoms with Gasteiger partial charge in [-0.25, -0.2) is 9.97 Å². The summed E-state index contributed by atoms with van der Waals surface area (Å²) in [4.78, 5) is 8.86. The predicted octanol–water partition coefficient (Wildman–Crippen LogP) is 2.84. The lowest BCUT2D eigenvalue weighted by Crippen LogP contribution is -2.18. The van der Waals surface area contributed by atoms with Crippen molar-refractivity contribution in [3.8, 4) is 0 Å². The van der Waals surface area contributed by atoms with Crippen LogP contribution in [0.15, 0.2) is 6.07 Å². The van der Waals surface area contributed by atoms with Crippen LogP contribution in [-0.4, -0.2) is 36.8 Å². The second-order valence-corrected chi connectivity index (χ2v) is 5.71. The maximum atomic E-state index is 5.19. The summed E-state index contributed by atoms with van der Waals surface area (Å²) >= 11 is 0. The van der Waals surface area contributed by atoms with Gasteiger partial charge in [0.2, 0.25) is 0 Å². The van der Waals surface area contributed by atoms with E-state index in [0.717, 1.165) is 50.0 Å². The summed E-state index contributed by atoms with van der Waals surface area (Å²) in [7, 11) is 1.77. The van der Waals surface area contributed by atoms with Crippen LogP contribution in [0.4, 0.5) is 11.6 Å². The minimum Gasteiger partial charge on any atom is -0.385 e. The molecule has 0 unspecified atom stereocenters. The number of aryl methyl sites for hydroxylation is 1. The van der Waals surface area contributed by atoms with Gasteiger partial charge in [0.05, 0.1) is 0 Å². The number of methoxy groups -OCH3 is 1. The van der Waals surface area contributed by atoms with Crippen LogP contribution in [0.25, 0.3) is 0 Å². The number of anilines is 2. The molecule has 0 amide bonds. The summed E-state index contributed by atoms with van der Waals surface area (Å²) < 4.78 is 5.19. The van der Waals surface area contributed by atoms with Gasteiger partial charge in [-0.1, -0.05) is 6.92 Å². The molecule has 0 spiro atoms. The number of hydrogen-bond donors (Lipinski definition) is 2. The average Bonchev–Trinajstić information content (AvgIpc) is 3.21. The summed E-state index contributed by atoms with van der Waals surface area (Å²) in [5.41, 5.74) is 0.422. The lowest BCUT2D eigenvalue weighted by atomic mass is 10.0. The van der Waals surface area contributed by atoms with Crippen LogP contribution >= 0.6 is 0 Å². The topological polar surface area (TPSA) is 59.1 Å². The Balaban J connectivity index is 1.90. The Bertz CT molecular complexity index is 432. The molecule has 1 aliphatic carbocycles. The van der Waals surface area contributed by atoms with Gasteiger partial charge in [0.1, 0.15) is 17.5 Å². The highest BCUT2D eigenvalue weighted by Gasteiger charge is 2.41. The van der Waals surface area contributed by atoms with Crippen molar-refractivity contribution in [2.24, 2.45) is 5.41 Å². The fourth-order valence-electron chi connectivity index (χ4n) is 2.29. The van der Waals surface area contributed by atoms with Gasteiger partial charge < -0.3 is 15.4 Å². The number of hydrogen-bond acceptors (Lipinski definition) is 5. The lowest BCUT2D eigenvalue weighted by Gasteiger charge is -2.16. The van der Waals surface area contributed by atoms with Crippen LogP contribution in [0.5, 0.6) is 0 Å². The maximum Gasteiger partial charge on any atom is 0.131 e.